The van der Waals surface area contributed by atoms with E-state index in [2.05, 4.69) is 17.1 Å². The second kappa shape index (κ2) is 8.33. The maximum Gasteiger partial charge on any atom is 0.255 e. The summed E-state index contributed by atoms with van der Waals surface area (Å²) in [5.41, 5.74) is 9.32. The maximum absolute atomic E-state index is 12.5. The Balaban J connectivity index is 1.68. The van der Waals surface area contributed by atoms with Gasteiger partial charge in [0.1, 0.15) is 5.75 Å². The number of ether oxygens (including phenoxy) is 1. The molecule has 27 heavy (non-hydrogen) atoms. The number of benzene rings is 2. The smallest absolute Gasteiger partial charge is 0.255 e. The minimum absolute atomic E-state index is 0.105. The average molecular weight is 367 g/mol. The number of carbonyl (C=O) groups is 1. The number of hydrogen-bond acceptors (Lipinski definition) is 4. The Labute approximate surface area is 161 Å². The molecule has 3 rings (SSSR count). The van der Waals surface area contributed by atoms with Crippen LogP contribution >= 0.6 is 0 Å². The first kappa shape index (κ1) is 19.1. The van der Waals surface area contributed by atoms with Crippen LogP contribution in [-0.4, -0.2) is 24.6 Å². The lowest BCUT2D eigenvalue weighted by molar-refractivity contribution is 0.102. The third-order valence-electron chi connectivity index (χ3n) is 4.89. The van der Waals surface area contributed by atoms with E-state index in [-0.39, 0.29) is 12.0 Å². The molecule has 0 unspecified atom stereocenters. The van der Waals surface area contributed by atoms with Crippen molar-refractivity contribution in [1.29, 1.82) is 0 Å². The summed E-state index contributed by atoms with van der Waals surface area (Å²) in [6, 6.07) is 13.4. The SMILES string of the molecule is CC(C)Oc1ccc(C(=O)Nc2ccc(N3CCCC[C@H]3C)c(N)c2)cc1. The standard InChI is InChI=1S/C22H29N3O2/c1-15(2)27-19-10-7-17(8-11-19)22(26)24-18-9-12-21(20(23)14-18)25-13-5-4-6-16(25)3/h7-12,14-16H,4-6,13,23H2,1-3H3,(H,24,26)/t16-/m1/s1. The molecule has 5 nitrogen and oxygen atoms in total. The van der Waals surface area contributed by atoms with E-state index in [4.69, 9.17) is 10.5 Å². The molecule has 1 amide bonds. The van der Waals surface area contributed by atoms with Gasteiger partial charge in [-0.05, 0) is 82.5 Å². The number of anilines is 3. The van der Waals surface area contributed by atoms with E-state index < -0.39 is 0 Å². The van der Waals surface area contributed by atoms with Crippen molar-refractivity contribution in [3.8, 4) is 5.75 Å². The van der Waals surface area contributed by atoms with E-state index in [9.17, 15) is 4.79 Å². The van der Waals surface area contributed by atoms with Crippen molar-refractivity contribution in [2.24, 2.45) is 0 Å². The van der Waals surface area contributed by atoms with Crippen LogP contribution in [0.5, 0.6) is 5.75 Å². The molecule has 1 aliphatic heterocycles. The van der Waals surface area contributed by atoms with Crippen molar-refractivity contribution >= 4 is 23.0 Å². The number of piperidine rings is 1. The first-order chi connectivity index (χ1) is 12.9. The van der Waals surface area contributed by atoms with Crippen LogP contribution in [0, 0.1) is 0 Å². The number of nitrogen functional groups attached to an aromatic ring is 1. The summed E-state index contributed by atoms with van der Waals surface area (Å²) in [6.07, 6.45) is 3.76. The number of nitrogens with one attached hydrogen (secondary N) is 1. The van der Waals surface area contributed by atoms with Gasteiger partial charge >= 0.3 is 0 Å². The Bertz CT molecular complexity index is 787. The monoisotopic (exact) mass is 367 g/mol. The van der Waals surface area contributed by atoms with Gasteiger partial charge in [-0.15, -0.1) is 0 Å². The molecule has 1 heterocycles. The molecule has 2 aromatic carbocycles. The second-order valence-electron chi connectivity index (χ2n) is 7.46. The predicted octanol–water partition coefficient (Wildman–Crippen LogP) is 4.69. The van der Waals surface area contributed by atoms with Crippen molar-refractivity contribution in [3.63, 3.8) is 0 Å². The lowest BCUT2D eigenvalue weighted by atomic mass is 10.0. The second-order valence-corrected chi connectivity index (χ2v) is 7.46. The normalized spacial score (nSPS) is 17.0. The molecule has 1 aliphatic rings. The maximum atomic E-state index is 12.5. The minimum atomic E-state index is -0.162. The number of carbonyl (C=O) groups excluding carboxylic acids is 1. The fourth-order valence-corrected chi connectivity index (χ4v) is 3.51. The predicted molar refractivity (Wildman–Crippen MR) is 112 cm³/mol. The molecule has 5 heteroatoms. The average Bonchev–Trinajstić information content (AvgIpc) is 2.63. The van der Waals surface area contributed by atoms with Gasteiger partial charge in [0.05, 0.1) is 17.5 Å². The Morgan fingerprint density at radius 2 is 1.93 bits per heavy atom. The molecule has 0 aliphatic carbocycles. The fraction of sp³-hybridized carbons (Fsp3) is 0.409. The highest BCUT2D eigenvalue weighted by Gasteiger charge is 2.20. The lowest BCUT2D eigenvalue weighted by Gasteiger charge is -2.36. The zero-order valence-electron chi connectivity index (χ0n) is 16.4. The summed E-state index contributed by atoms with van der Waals surface area (Å²) in [5.74, 6) is 0.593. The fourth-order valence-electron chi connectivity index (χ4n) is 3.51. The summed E-state index contributed by atoms with van der Waals surface area (Å²) in [5, 5.41) is 2.92. The number of nitrogens with two attached hydrogens (primary N) is 1. The molecule has 3 N–H and O–H groups in total. The summed E-state index contributed by atoms with van der Waals surface area (Å²) in [7, 11) is 0. The Hall–Kier alpha value is -2.69. The number of rotatable bonds is 5. The molecule has 0 bridgehead atoms. The molecule has 0 saturated carbocycles. The van der Waals surface area contributed by atoms with E-state index in [1.54, 1.807) is 12.1 Å². The molecular formula is C22H29N3O2. The molecule has 144 valence electrons. The molecule has 1 fully saturated rings. The van der Waals surface area contributed by atoms with Gasteiger partial charge in [-0.25, -0.2) is 0 Å². The van der Waals surface area contributed by atoms with E-state index in [1.807, 2.05) is 44.2 Å². The van der Waals surface area contributed by atoms with Crippen molar-refractivity contribution in [3.05, 3.63) is 48.0 Å². The third-order valence-corrected chi connectivity index (χ3v) is 4.89. The van der Waals surface area contributed by atoms with E-state index in [1.165, 1.54) is 19.3 Å². The number of nitrogens with zero attached hydrogens (tertiary/aromatic N) is 1. The lowest BCUT2D eigenvalue weighted by Crippen LogP contribution is -2.37. The zero-order chi connectivity index (χ0) is 19.4. The van der Waals surface area contributed by atoms with Crippen molar-refractivity contribution in [1.82, 2.24) is 0 Å². The van der Waals surface area contributed by atoms with Crippen molar-refractivity contribution < 1.29 is 9.53 Å². The van der Waals surface area contributed by atoms with Gasteiger partial charge in [-0.3, -0.25) is 4.79 Å². The topological polar surface area (TPSA) is 67.6 Å². The van der Waals surface area contributed by atoms with Crippen molar-refractivity contribution in [2.75, 3.05) is 22.5 Å². The van der Waals surface area contributed by atoms with Crippen LogP contribution in [0.1, 0.15) is 50.4 Å². The Morgan fingerprint density at radius 1 is 1.19 bits per heavy atom. The Kier molecular flexibility index (Phi) is 5.89. The summed E-state index contributed by atoms with van der Waals surface area (Å²) >= 11 is 0. The van der Waals surface area contributed by atoms with Crippen LogP contribution in [0.4, 0.5) is 17.1 Å². The molecule has 0 spiro atoms. The van der Waals surface area contributed by atoms with Gasteiger partial charge in [0.15, 0.2) is 0 Å². The third kappa shape index (κ3) is 4.73. The zero-order valence-corrected chi connectivity index (χ0v) is 16.4. The summed E-state index contributed by atoms with van der Waals surface area (Å²) < 4.78 is 5.61. The van der Waals surface area contributed by atoms with Gasteiger partial charge in [0.25, 0.3) is 5.91 Å². The number of amides is 1. The van der Waals surface area contributed by atoms with Gasteiger partial charge < -0.3 is 20.7 Å². The van der Waals surface area contributed by atoms with Gasteiger partial charge in [-0.2, -0.15) is 0 Å². The summed E-state index contributed by atoms with van der Waals surface area (Å²) in [4.78, 5) is 14.9. The van der Waals surface area contributed by atoms with Gasteiger partial charge in [-0.1, -0.05) is 0 Å². The molecule has 0 aromatic heterocycles. The van der Waals surface area contributed by atoms with Crippen LogP contribution < -0.4 is 20.7 Å². The molecular weight excluding hydrogens is 338 g/mol. The Morgan fingerprint density at radius 3 is 2.56 bits per heavy atom. The van der Waals surface area contributed by atoms with Crippen LogP contribution in [0.25, 0.3) is 0 Å². The first-order valence-corrected chi connectivity index (χ1v) is 9.68. The minimum Gasteiger partial charge on any atom is -0.491 e. The summed E-state index contributed by atoms with van der Waals surface area (Å²) in [6.45, 7) is 7.21. The highest BCUT2D eigenvalue weighted by atomic mass is 16.5. The van der Waals surface area contributed by atoms with Crippen LogP contribution in [0.2, 0.25) is 0 Å². The van der Waals surface area contributed by atoms with E-state index in [0.29, 0.717) is 23.0 Å². The van der Waals surface area contributed by atoms with Gasteiger partial charge in [0, 0.05) is 23.8 Å². The van der Waals surface area contributed by atoms with Crippen LogP contribution in [0.3, 0.4) is 0 Å². The van der Waals surface area contributed by atoms with Crippen LogP contribution in [-0.2, 0) is 0 Å². The highest BCUT2D eigenvalue weighted by Crippen LogP contribution is 2.31. The van der Waals surface area contributed by atoms with Gasteiger partial charge in [0.2, 0.25) is 0 Å². The molecule has 1 saturated heterocycles. The quantitative estimate of drug-likeness (QED) is 0.753. The van der Waals surface area contributed by atoms with E-state index in [0.717, 1.165) is 18.0 Å². The van der Waals surface area contributed by atoms with Crippen LogP contribution in [0.15, 0.2) is 42.5 Å². The molecule has 1 atom stereocenters. The highest BCUT2D eigenvalue weighted by molar-refractivity contribution is 6.04. The largest absolute Gasteiger partial charge is 0.491 e. The van der Waals surface area contributed by atoms with E-state index >= 15 is 0 Å². The first-order valence-electron chi connectivity index (χ1n) is 9.68. The van der Waals surface area contributed by atoms with Crippen molar-refractivity contribution in [2.45, 2.75) is 52.2 Å². The molecule has 0 radical (unpaired) electrons. The number of hydrogen-bond donors (Lipinski definition) is 2. The molecule has 2 aromatic rings.